The van der Waals surface area contributed by atoms with Crippen molar-refractivity contribution in [1.82, 2.24) is 4.90 Å². The van der Waals surface area contributed by atoms with Gasteiger partial charge >= 0.3 is 0 Å². The molecule has 0 radical (unpaired) electrons. The van der Waals surface area contributed by atoms with Gasteiger partial charge in [0.05, 0.1) is 17.9 Å². The summed E-state index contributed by atoms with van der Waals surface area (Å²) in [6.07, 6.45) is 6.48. The first-order valence-electron chi connectivity index (χ1n) is 7.39. The number of fused-ring (bicyclic) bond motifs is 2. The maximum Gasteiger partial charge on any atom is 0.139 e. The van der Waals surface area contributed by atoms with Crippen LogP contribution in [0.2, 0.25) is 0 Å². The molecule has 1 fully saturated rings. The van der Waals surface area contributed by atoms with Crippen LogP contribution in [0.25, 0.3) is 16.7 Å². The average Bonchev–Trinajstić information content (AvgIpc) is 3.05. The Bertz CT molecular complexity index is 725. The Labute approximate surface area is 124 Å². The Morgan fingerprint density at radius 3 is 2.48 bits per heavy atom. The first-order valence-corrected chi connectivity index (χ1v) is 7.39. The summed E-state index contributed by atoms with van der Waals surface area (Å²) in [5.74, 6) is 1.62. The number of nitriles is 1. The Balaban J connectivity index is 1.75. The lowest BCUT2D eigenvalue weighted by atomic mass is 9.83. The summed E-state index contributed by atoms with van der Waals surface area (Å²) in [6.45, 7) is 2.34. The van der Waals surface area contributed by atoms with E-state index < -0.39 is 0 Å². The number of hydrogen-bond donors (Lipinski definition) is 0. The molecule has 0 N–H and O–H groups in total. The van der Waals surface area contributed by atoms with Crippen LogP contribution in [0.1, 0.15) is 24.2 Å². The maximum atomic E-state index is 8.91. The van der Waals surface area contributed by atoms with Gasteiger partial charge in [0.15, 0.2) is 0 Å². The third kappa shape index (κ3) is 2.04. The minimum atomic E-state index is 0.623. The average molecular weight is 276 g/mol. The molecular weight excluding hydrogens is 260 g/mol. The van der Waals surface area contributed by atoms with E-state index in [9.17, 15) is 0 Å². The second-order valence-corrected chi connectivity index (χ2v) is 5.75. The van der Waals surface area contributed by atoms with E-state index in [-0.39, 0.29) is 0 Å². The molecule has 0 unspecified atom stereocenters. The first kappa shape index (κ1) is 12.3. The van der Waals surface area contributed by atoms with Crippen LogP contribution in [0.4, 0.5) is 0 Å². The number of hydrogen-bond acceptors (Lipinski definition) is 3. The van der Waals surface area contributed by atoms with Crippen molar-refractivity contribution in [2.75, 3.05) is 13.1 Å². The van der Waals surface area contributed by atoms with Crippen molar-refractivity contribution in [3.8, 4) is 17.2 Å². The molecule has 0 saturated carbocycles. The molecule has 2 aromatic rings. The smallest absolute Gasteiger partial charge is 0.139 e. The minimum Gasteiger partial charge on any atom is -0.464 e. The van der Waals surface area contributed by atoms with E-state index in [4.69, 9.17) is 9.68 Å². The fraction of sp³-hybridized carbons (Fsp3) is 0.278. The third-order valence-electron chi connectivity index (χ3n) is 4.54. The van der Waals surface area contributed by atoms with Crippen LogP contribution in [0, 0.1) is 17.2 Å². The normalized spacial score (nSPS) is 17.7. The highest BCUT2D eigenvalue weighted by Gasteiger charge is 2.30. The zero-order chi connectivity index (χ0) is 14.2. The molecule has 1 aromatic heterocycles. The van der Waals surface area contributed by atoms with Crippen molar-refractivity contribution in [2.24, 2.45) is 5.92 Å². The fourth-order valence-electron chi connectivity index (χ4n) is 3.37. The molecule has 0 spiro atoms. The molecule has 1 aromatic carbocycles. The van der Waals surface area contributed by atoms with Crippen molar-refractivity contribution in [2.45, 2.75) is 12.8 Å². The van der Waals surface area contributed by atoms with Gasteiger partial charge in [0.25, 0.3) is 0 Å². The van der Waals surface area contributed by atoms with Crippen molar-refractivity contribution < 1.29 is 4.42 Å². The van der Waals surface area contributed by atoms with Crippen molar-refractivity contribution in [3.05, 3.63) is 54.1 Å². The SMILES string of the molecule is N#Cc1ccc(-c2ccoc2C2=CN3CCC2CC3)cc1. The predicted octanol–water partition coefficient (Wildman–Crippen LogP) is 3.88. The summed E-state index contributed by atoms with van der Waals surface area (Å²) in [7, 11) is 0. The fourth-order valence-corrected chi connectivity index (χ4v) is 3.37. The summed E-state index contributed by atoms with van der Waals surface area (Å²) in [5.41, 5.74) is 4.25. The molecule has 0 aliphatic carbocycles. The predicted molar refractivity (Wildman–Crippen MR) is 81.1 cm³/mol. The number of nitrogens with zero attached hydrogens (tertiary/aromatic N) is 2. The van der Waals surface area contributed by atoms with Crippen LogP contribution in [0.3, 0.4) is 0 Å². The zero-order valence-corrected chi connectivity index (χ0v) is 11.7. The number of furan rings is 1. The number of allylic oxidation sites excluding steroid dienone is 1. The maximum absolute atomic E-state index is 8.91. The first-order chi connectivity index (χ1) is 10.3. The van der Waals surface area contributed by atoms with Gasteiger partial charge in [-0.05, 0) is 42.5 Å². The van der Waals surface area contributed by atoms with E-state index in [1.807, 2.05) is 30.3 Å². The highest BCUT2D eigenvalue weighted by Crippen LogP contribution is 2.41. The molecular formula is C18H16N2O. The number of benzene rings is 1. The van der Waals surface area contributed by atoms with E-state index >= 15 is 0 Å². The van der Waals surface area contributed by atoms with Crippen LogP contribution in [-0.4, -0.2) is 18.0 Å². The van der Waals surface area contributed by atoms with Crippen LogP contribution in [0.5, 0.6) is 0 Å². The largest absolute Gasteiger partial charge is 0.464 e. The highest BCUT2D eigenvalue weighted by molar-refractivity contribution is 5.79. The second kappa shape index (κ2) is 4.82. The molecule has 21 heavy (non-hydrogen) atoms. The van der Waals surface area contributed by atoms with Gasteiger partial charge in [-0.15, -0.1) is 0 Å². The van der Waals surface area contributed by atoms with Crippen LogP contribution >= 0.6 is 0 Å². The molecule has 3 aliphatic rings. The second-order valence-electron chi connectivity index (χ2n) is 5.75. The quantitative estimate of drug-likeness (QED) is 0.835. The van der Waals surface area contributed by atoms with Gasteiger partial charge < -0.3 is 9.32 Å². The van der Waals surface area contributed by atoms with E-state index in [0.717, 1.165) is 16.9 Å². The molecule has 3 nitrogen and oxygen atoms in total. The number of piperidine rings is 1. The van der Waals surface area contributed by atoms with E-state index in [2.05, 4.69) is 17.2 Å². The molecule has 1 saturated heterocycles. The van der Waals surface area contributed by atoms with Crippen LogP contribution in [-0.2, 0) is 0 Å². The lowest BCUT2D eigenvalue weighted by Crippen LogP contribution is -2.35. The molecule has 0 amide bonds. The van der Waals surface area contributed by atoms with Gasteiger partial charge in [-0.25, -0.2) is 0 Å². The Morgan fingerprint density at radius 1 is 1.10 bits per heavy atom. The van der Waals surface area contributed by atoms with E-state index in [1.165, 1.54) is 31.5 Å². The summed E-state index contributed by atoms with van der Waals surface area (Å²) in [6, 6.07) is 11.9. The Kier molecular flexibility index (Phi) is 2.82. The van der Waals surface area contributed by atoms with Gasteiger partial charge in [0.1, 0.15) is 5.76 Å². The molecule has 2 bridgehead atoms. The molecule has 0 atom stereocenters. The van der Waals surface area contributed by atoms with Crippen LogP contribution in [0.15, 0.2) is 47.2 Å². The lowest BCUT2D eigenvalue weighted by Gasteiger charge is -2.38. The molecule has 3 aliphatic heterocycles. The van der Waals surface area contributed by atoms with Gasteiger partial charge in [0.2, 0.25) is 0 Å². The zero-order valence-electron chi connectivity index (χ0n) is 11.7. The Hall–Kier alpha value is -2.47. The molecule has 3 heteroatoms. The Morgan fingerprint density at radius 2 is 1.86 bits per heavy atom. The lowest BCUT2D eigenvalue weighted by molar-refractivity contribution is 0.249. The molecule has 4 heterocycles. The highest BCUT2D eigenvalue weighted by atomic mass is 16.3. The van der Waals surface area contributed by atoms with E-state index in [1.54, 1.807) is 6.26 Å². The molecule has 5 rings (SSSR count). The third-order valence-corrected chi connectivity index (χ3v) is 4.54. The molecule has 104 valence electrons. The van der Waals surface area contributed by atoms with E-state index in [0.29, 0.717) is 11.5 Å². The van der Waals surface area contributed by atoms with Gasteiger partial charge in [0, 0.05) is 30.4 Å². The summed E-state index contributed by atoms with van der Waals surface area (Å²) in [4.78, 5) is 2.39. The summed E-state index contributed by atoms with van der Waals surface area (Å²) < 4.78 is 5.81. The van der Waals surface area contributed by atoms with Crippen LogP contribution < -0.4 is 0 Å². The monoisotopic (exact) mass is 276 g/mol. The van der Waals surface area contributed by atoms with Crippen molar-refractivity contribution in [1.29, 1.82) is 5.26 Å². The summed E-state index contributed by atoms with van der Waals surface area (Å²) >= 11 is 0. The number of rotatable bonds is 2. The standard InChI is InChI=1S/C18H16N2O/c19-11-13-1-3-14(4-2-13)16-7-10-21-18(16)17-12-20-8-5-15(17)6-9-20/h1-4,7,10,12,15H,5-6,8-9H2. The topological polar surface area (TPSA) is 40.2 Å². The van der Waals surface area contributed by atoms with Gasteiger partial charge in [-0.3, -0.25) is 0 Å². The summed E-state index contributed by atoms with van der Waals surface area (Å²) in [5, 5.41) is 8.91. The minimum absolute atomic E-state index is 0.623. The van der Waals surface area contributed by atoms with Gasteiger partial charge in [-0.2, -0.15) is 5.26 Å². The van der Waals surface area contributed by atoms with Gasteiger partial charge in [-0.1, -0.05) is 12.1 Å². The van der Waals surface area contributed by atoms with Crippen molar-refractivity contribution in [3.63, 3.8) is 0 Å². The van der Waals surface area contributed by atoms with Crippen molar-refractivity contribution >= 4 is 5.57 Å².